The third-order valence-corrected chi connectivity index (χ3v) is 2.48. The number of carbonyl (C=O) groups excluding carboxylic acids is 1. The molecule has 1 atom stereocenters. The molecular formula is C12H23NO4. The van der Waals surface area contributed by atoms with Crippen LogP contribution in [-0.4, -0.2) is 56.6 Å². The van der Waals surface area contributed by atoms with Crippen molar-refractivity contribution in [3.05, 3.63) is 0 Å². The van der Waals surface area contributed by atoms with Crippen LogP contribution in [-0.2, 0) is 19.0 Å². The zero-order chi connectivity index (χ0) is 12.9. The second kappa shape index (κ2) is 6.33. The fraction of sp³-hybridized carbons (Fsp3) is 0.917. The lowest BCUT2D eigenvalue weighted by Gasteiger charge is -2.17. The van der Waals surface area contributed by atoms with Gasteiger partial charge in [0.15, 0.2) is 5.79 Å². The molecule has 5 heteroatoms. The van der Waals surface area contributed by atoms with Gasteiger partial charge < -0.3 is 19.1 Å². The van der Waals surface area contributed by atoms with Crippen molar-refractivity contribution in [1.82, 2.24) is 4.90 Å². The summed E-state index contributed by atoms with van der Waals surface area (Å²) in [4.78, 5) is 13.5. The summed E-state index contributed by atoms with van der Waals surface area (Å²) in [6, 6.07) is 0. The summed E-state index contributed by atoms with van der Waals surface area (Å²) < 4.78 is 16.1. The molecule has 0 unspecified atom stereocenters. The Bertz CT molecular complexity index is 253. The van der Waals surface area contributed by atoms with Gasteiger partial charge in [-0.25, -0.2) is 0 Å². The molecule has 100 valence electrons. The molecule has 5 nitrogen and oxygen atoms in total. The van der Waals surface area contributed by atoms with E-state index < -0.39 is 5.79 Å². The zero-order valence-corrected chi connectivity index (χ0v) is 11.2. The Morgan fingerprint density at radius 2 is 2.18 bits per heavy atom. The summed E-state index contributed by atoms with van der Waals surface area (Å²) in [5.41, 5.74) is 0. The number of esters is 1. The van der Waals surface area contributed by atoms with Crippen molar-refractivity contribution in [1.29, 1.82) is 0 Å². The molecule has 0 aromatic rings. The average Bonchev–Trinajstić information content (AvgIpc) is 2.55. The van der Waals surface area contributed by atoms with Crippen molar-refractivity contribution in [3.8, 4) is 0 Å². The van der Waals surface area contributed by atoms with E-state index in [1.807, 2.05) is 32.8 Å². The van der Waals surface area contributed by atoms with E-state index in [1.165, 1.54) is 0 Å². The van der Waals surface area contributed by atoms with E-state index in [2.05, 4.69) is 0 Å². The molecule has 0 aromatic heterocycles. The van der Waals surface area contributed by atoms with E-state index in [4.69, 9.17) is 14.2 Å². The maximum atomic E-state index is 11.4. The van der Waals surface area contributed by atoms with E-state index in [0.717, 1.165) is 13.0 Å². The number of nitrogens with zero attached hydrogens (tertiary/aromatic N) is 1. The van der Waals surface area contributed by atoms with Crippen molar-refractivity contribution in [3.63, 3.8) is 0 Å². The van der Waals surface area contributed by atoms with Crippen LogP contribution in [0.3, 0.4) is 0 Å². The quantitative estimate of drug-likeness (QED) is 0.654. The minimum absolute atomic E-state index is 0.136. The summed E-state index contributed by atoms with van der Waals surface area (Å²) in [7, 11) is 3.97. The molecule has 0 radical (unpaired) electrons. The minimum atomic E-state index is -0.554. The van der Waals surface area contributed by atoms with Crippen molar-refractivity contribution >= 4 is 5.97 Å². The fourth-order valence-electron chi connectivity index (χ4n) is 1.64. The average molecular weight is 245 g/mol. The van der Waals surface area contributed by atoms with E-state index in [-0.39, 0.29) is 18.7 Å². The number of hydrogen-bond acceptors (Lipinski definition) is 5. The van der Waals surface area contributed by atoms with Crippen molar-refractivity contribution in [2.75, 3.05) is 33.9 Å². The monoisotopic (exact) mass is 245 g/mol. The molecule has 0 N–H and O–H groups in total. The van der Waals surface area contributed by atoms with Gasteiger partial charge in [-0.3, -0.25) is 4.79 Å². The Hall–Kier alpha value is -0.650. The van der Waals surface area contributed by atoms with Crippen LogP contribution >= 0.6 is 0 Å². The fourth-order valence-corrected chi connectivity index (χ4v) is 1.64. The first-order valence-corrected chi connectivity index (χ1v) is 6.01. The third-order valence-electron chi connectivity index (χ3n) is 2.48. The first-order valence-electron chi connectivity index (χ1n) is 6.01. The predicted molar refractivity (Wildman–Crippen MR) is 63.7 cm³/mol. The van der Waals surface area contributed by atoms with Crippen molar-refractivity contribution in [2.24, 2.45) is 0 Å². The van der Waals surface area contributed by atoms with E-state index in [0.29, 0.717) is 13.0 Å². The van der Waals surface area contributed by atoms with Gasteiger partial charge in [-0.05, 0) is 40.9 Å². The van der Waals surface area contributed by atoms with Crippen molar-refractivity contribution in [2.45, 2.75) is 38.6 Å². The van der Waals surface area contributed by atoms with Crippen LogP contribution in [0.4, 0.5) is 0 Å². The van der Waals surface area contributed by atoms with Gasteiger partial charge in [0.2, 0.25) is 0 Å². The molecule has 1 rings (SSSR count). The minimum Gasteiger partial charge on any atom is -0.463 e. The van der Waals surface area contributed by atoms with Gasteiger partial charge in [0.05, 0.1) is 6.61 Å². The second-order valence-electron chi connectivity index (χ2n) is 5.04. The normalized spacial score (nSPS) is 23.0. The van der Waals surface area contributed by atoms with Crippen LogP contribution in [0, 0.1) is 0 Å². The molecule has 17 heavy (non-hydrogen) atoms. The van der Waals surface area contributed by atoms with Crippen LogP contribution in [0.1, 0.15) is 26.7 Å². The van der Waals surface area contributed by atoms with Gasteiger partial charge in [-0.1, -0.05) is 0 Å². The predicted octanol–water partition coefficient (Wildman–Crippen LogP) is 1.02. The highest BCUT2D eigenvalue weighted by Crippen LogP contribution is 2.22. The standard InChI is InChI=1S/C12H23NO4/c1-12(2)16-9-10(17-12)8-15-11(14)6-5-7-13(3)4/h10H,5-9H2,1-4H3/t10-/m0/s1. The number of rotatable bonds is 6. The molecule has 1 fully saturated rings. The van der Waals surface area contributed by atoms with Gasteiger partial charge in [-0.2, -0.15) is 0 Å². The summed E-state index contributed by atoms with van der Waals surface area (Å²) in [5.74, 6) is -0.720. The highest BCUT2D eigenvalue weighted by molar-refractivity contribution is 5.69. The first-order chi connectivity index (χ1) is 7.89. The molecule has 1 saturated heterocycles. The summed E-state index contributed by atoms with van der Waals surface area (Å²) in [5, 5.41) is 0. The number of ether oxygens (including phenoxy) is 3. The smallest absolute Gasteiger partial charge is 0.305 e. The van der Waals surface area contributed by atoms with Gasteiger partial charge in [0.25, 0.3) is 0 Å². The van der Waals surface area contributed by atoms with Gasteiger partial charge in [0.1, 0.15) is 12.7 Å². The van der Waals surface area contributed by atoms with Crippen LogP contribution < -0.4 is 0 Å². The van der Waals surface area contributed by atoms with Crippen LogP contribution in [0.2, 0.25) is 0 Å². The lowest BCUT2D eigenvalue weighted by Crippen LogP contribution is -2.25. The van der Waals surface area contributed by atoms with Crippen molar-refractivity contribution < 1.29 is 19.0 Å². The highest BCUT2D eigenvalue weighted by Gasteiger charge is 2.33. The van der Waals surface area contributed by atoms with Crippen LogP contribution in [0.25, 0.3) is 0 Å². The number of carbonyl (C=O) groups is 1. The van der Waals surface area contributed by atoms with Crippen LogP contribution in [0.15, 0.2) is 0 Å². The largest absolute Gasteiger partial charge is 0.463 e. The van der Waals surface area contributed by atoms with E-state index >= 15 is 0 Å². The van der Waals surface area contributed by atoms with E-state index in [1.54, 1.807) is 0 Å². The summed E-state index contributed by atoms with van der Waals surface area (Å²) >= 11 is 0. The van der Waals surface area contributed by atoms with E-state index in [9.17, 15) is 4.79 Å². The molecule has 0 bridgehead atoms. The SMILES string of the molecule is CN(C)CCCC(=O)OC[C@H]1COC(C)(C)O1. The molecule has 0 saturated carbocycles. The van der Waals surface area contributed by atoms with Gasteiger partial charge in [-0.15, -0.1) is 0 Å². The molecule has 0 spiro atoms. The second-order valence-corrected chi connectivity index (χ2v) is 5.04. The Morgan fingerprint density at radius 3 is 2.71 bits per heavy atom. The summed E-state index contributed by atoms with van der Waals surface area (Å²) in [6.45, 7) is 5.37. The lowest BCUT2D eigenvalue weighted by atomic mass is 10.3. The Morgan fingerprint density at radius 1 is 1.47 bits per heavy atom. The number of hydrogen-bond donors (Lipinski definition) is 0. The Labute approximate surface area is 103 Å². The molecular weight excluding hydrogens is 222 g/mol. The first kappa shape index (κ1) is 14.4. The Kier molecular flexibility index (Phi) is 5.36. The molecule has 0 aromatic carbocycles. The van der Waals surface area contributed by atoms with Crippen LogP contribution in [0.5, 0.6) is 0 Å². The zero-order valence-electron chi connectivity index (χ0n) is 11.2. The molecule has 1 aliphatic rings. The van der Waals surface area contributed by atoms with Gasteiger partial charge in [0, 0.05) is 6.42 Å². The lowest BCUT2D eigenvalue weighted by molar-refractivity contribution is -0.158. The molecule has 0 aliphatic carbocycles. The Balaban J connectivity index is 2.08. The maximum Gasteiger partial charge on any atom is 0.305 e. The van der Waals surface area contributed by atoms with Gasteiger partial charge >= 0.3 is 5.97 Å². The highest BCUT2D eigenvalue weighted by atomic mass is 16.7. The third kappa shape index (κ3) is 6.00. The molecule has 0 amide bonds. The maximum absolute atomic E-state index is 11.4. The topological polar surface area (TPSA) is 48.0 Å². The summed E-state index contributed by atoms with van der Waals surface area (Å²) in [6.07, 6.45) is 1.14. The molecule has 1 aliphatic heterocycles. The molecule has 1 heterocycles.